The molecule has 5 atom stereocenters. The first-order chi connectivity index (χ1) is 9.76. The van der Waals surface area contributed by atoms with Crippen LogP contribution in [-0.2, 0) is 33.3 Å². The molecule has 1 heterocycles. The molecule has 8 nitrogen and oxygen atoms in total. The lowest BCUT2D eigenvalue weighted by atomic mass is 9.99. The Labute approximate surface area is 135 Å². The Kier molecular flexibility index (Phi) is 6.81. The second-order valence-electron chi connectivity index (χ2n) is 4.44. The van der Waals surface area contributed by atoms with Gasteiger partial charge in [0.15, 0.2) is 24.6 Å². The normalized spacial score (nSPS) is 32.1. The Bertz CT molecular complexity index is 412. The molecule has 0 unspecified atom stereocenters. The fourth-order valence-electron chi connectivity index (χ4n) is 2.00. The Morgan fingerprint density at radius 2 is 1.38 bits per heavy atom. The molecule has 0 aromatic heterocycles. The molecule has 0 aromatic rings. The molecule has 1 aliphatic rings. The highest BCUT2D eigenvalue weighted by Crippen LogP contribution is 2.28. The summed E-state index contributed by atoms with van der Waals surface area (Å²) in [5.74, 6) is -1.95. The summed E-state index contributed by atoms with van der Waals surface area (Å²) in [6, 6.07) is 0. The van der Waals surface area contributed by atoms with Crippen LogP contribution in [0.5, 0.6) is 0 Å². The summed E-state index contributed by atoms with van der Waals surface area (Å²) in [6.07, 6.45) is -5.56. The maximum Gasteiger partial charge on any atom is 0.303 e. The van der Waals surface area contributed by atoms with Crippen molar-refractivity contribution in [2.75, 3.05) is 4.43 Å². The Hall–Kier alpha value is -0.940. The van der Waals surface area contributed by atoms with Gasteiger partial charge >= 0.3 is 17.9 Å². The van der Waals surface area contributed by atoms with Crippen molar-refractivity contribution in [2.24, 2.45) is 0 Å². The number of alkyl halides is 1. The zero-order valence-corrected chi connectivity index (χ0v) is 13.9. The molecule has 9 heteroatoms. The van der Waals surface area contributed by atoms with Crippen LogP contribution >= 0.6 is 22.6 Å². The summed E-state index contributed by atoms with van der Waals surface area (Å²) < 4.78 is 20.8. The van der Waals surface area contributed by atoms with Crippen molar-refractivity contribution in [1.82, 2.24) is 0 Å². The highest BCUT2D eigenvalue weighted by Gasteiger charge is 2.50. The fourth-order valence-corrected chi connectivity index (χ4v) is 2.70. The summed E-state index contributed by atoms with van der Waals surface area (Å²) in [6.45, 7) is 3.50. The smallest absolute Gasteiger partial charge is 0.303 e. The van der Waals surface area contributed by atoms with E-state index >= 15 is 0 Å². The minimum Gasteiger partial charge on any atom is -0.456 e. The third-order valence-corrected chi connectivity index (χ3v) is 3.54. The minimum absolute atomic E-state index is 0.372. The topological polar surface area (TPSA) is 108 Å². The number of rotatable bonds is 4. The Balaban J connectivity index is 3.08. The first-order valence-electron chi connectivity index (χ1n) is 6.17. The van der Waals surface area contributed by atoms with Crippen LogP contribution in [0.3, 0.4) is 0 Å². The van der Waals surface area contributed by atoms with Crippen LogP contribution in [0.2, 0.25) is 0 Å². The number of carbonyl (C=O) groups is 3. The van der Waals surface area contributed by atoms with E-state index in [0.29, 0.717) is 4.43 Å². The molecule has 0 bridgehead atoms. The summed E-state index contributed by atoms with van der Waals surface area (Å²) in [5.41, 5.74) is 0. The Morgan fingerprint density at radius 3 is 1.81 bits per heavy atom. The van der Waals surface area contributed by atoms with Gasteiger partial charge in [-0.05, 0) is 0 Å². The van der Waals surface area contributed by atoms with Crippen molar-refractivity contribution in [2.45, 2.75) is 51.5 Å². The van der Waals surface area contributed by atoms with Crippen LogP contribution in [0.1, 0.15) is 20.8 Å². The van der Waals surface area contributed by atoms with E-state index in [9.17, 15) is 19.5 Å². The van der Waals surface area contributed by atoms with Crippen molar-refractivity contribution in [3.8, 4) is 0 Å². The average molecular weight is 416 g/mol. The molecule has 1 rings (SSSR count). The van der Waals surface area contributed by atoms with E-state index in [-0.39, 0.29) is 0 Å². The maximum absolute atomic E-state index is 11.2. The second kappa shape index (κ2) is 7.90. The molecular weight excluding hydrogens is 399 g/mol. The maximum atomic E-state index is 11.2. The molecule has 0 spiro atoms. The highest BCUT2D eigenvalue weighted by atomic mass is 127. The largest absolute Gasteiger partial charge is 0.456 e. The molecule has 0 aliphatic carbocycles. The summed E-state index contributed by atoms with van der Waals surface area (Å²) in [5, 5.41) is 9.92. The summed E-state index contributed by atoms with van der Waals surface area (Å²) >= 11 is 1.98. The quantitative estimate of drug-likeness (QED) is 0.294. The molecule has 0 radical (unpaired) electrons. The number of aliphatic hydroxyl groups excluding tert-OH is 1. The van der Waals surface area contributed by atoms with Gasteiger partial charge in [-0.2, -0.15) is 0 Å². The monoisotopic (exact) mass is 416 g/mol. The van der Waals surface area contributed by atoms with Gasteiger partial charge in [-0.15, -0.1) is 0 Å². The van der Waals surface area contributed by atoms with E-state index in [1.165, 1.54) is 6.92 Å². The average Bonchev–Trinajstić information content (AvgIpc) is 2.35. The van der Waals surface area contributed by atoms with Gasteiger partial charge < -0.3 is 24.1 Å². The summed E-state index contributed by atoms with van der Waals surface area (Å²) in [7, 11) is 0. The van der Waals surface area contributed by atoms with Crippen molar-refractivity contribution in [3.05, 3.63) is 0 Å². The summed E-state index contributed by atoms with van der Waals surface area (Å²) in [4.78, 5) is 33.6. The van der Waals surface area contributed by atoms with Gasteiger partial charge in [0.25, 0.3) is 0 Å². The van der Waals surface area contributed by atoms with Crippen LogP contribution in [0.25, 0.3) is 0 Å². The predicted molar refractivity (Wildman–Crippen MR) is 76.4 cm³/mol. The predicted octanol–water partition coefficient (Wildman–Crippen LogP) is -0.0663. The number of hydrogen-bond donors (Lipinski definition) is 1. The number of carbonyl (C=O) groups excluding carboxylic acids is 3. The van der Waals surface area contributed by atoms with Gasteiger partial charge in [-0.25, -0.2) is 0 Å². The number of ether oxygens (including phenoxy) is 4. The number of halogens is 1. The minimum atomic E-state index is -1.48. The van der Waals surface area contributed by atoms with Crippen molar-refractivity contribution >= 4 is 40.5 Å². The van der Waals surface area contributed by atoms with Crippen LogP contribution in [0.4, 0.5) is 0 Å². The van der Waals surface area contributed by atoms with Crippen molar-refractivity contribution < 1.29 is 38.4 Å². The second-order valence-corrected chi connectivity index (χ2v) is 5.32. The van der Waals surface area contributed by atoms with Gasteiger partial charge in [0.05, 0.1) is 0 Å². The first-order valence-corrected chi connectivity index (χ1v) is 7.70. The number of esters is 3. The molecule has 1 N–H and O–H groups in total. The fraction of sp³-hybridized carbons (Fsp3) is 0.750. The van der Waals surface area contributed by atoms with E-state index in [1.54, 1.807) is 0 Å². The zero-order valence-electron chi connectivity index (χ0n) is 11.8. The van der Waals surface area contributed by atoms with E-state index in [0.717, 1.165) is 13.8 Å². The van der Waals surface area contributed by atoms with Gasteiger partial charge in [0.1, 0.15) is 6.10 Å². The Morgan fingerprint density at radius 1 is 0.952 bits per heavy atom. The lowest BCUT2D eigenvalue weighted by Crippen LogP contribution is -2.61. The first kappa shape index (κ1) is 18.1. The highest BCUT2D eigenvalue weighted by molar-refractivity contribution is 14.1. The molecule has 1 saturated heterocycles. The molecule has 120 valence electrons. The SMILES string of the molecule is CC(=O)O[C@H]1[C@@H](OC(C)=O)[C@@H](O)O[C@H](CI)[C@@H]1OC(C)=O. The van der Waals surface area contributed by atoms with Gasteiger partial charge in [0, 0.05) is 25.2 Å². The van der Waals surface area contributed by atoms with E-state index < -0.39 is 48.6 Å². The third-order valence-electron chi connectivity index (χ3n) is 2.67. The van der Waals surface area contributed by atoms with Gasteiger partial charge in [-0.3, -0.25) is 14.4 Å². The van der Waals surface area contributed by atoms with Crippen LogP contribution in [0, 0.1) is 0 Å². The molecule has 0 saturated carbocycles. The molecule has 21 heavy (non-hydrogen) atoms. The number of aliphatic hydroxyl groups is 1. The van der Waals surface area contributed by atoms with E-state index in [2.05, 4.69) is 0 Å². The van der Waals surface area contributed by atoms with Gasteiger partial charge in [-0.1, -0.05) is 22.6 Å². The van der Waals surface area contributed by atoms with E-state index in [1.807, 2.05) is 22.6 Å². The lowest BCUT2D eigenvalue weighted by Gasteiger charge is -2.42. The molecular formula is C12H17IO8. The molecule has 1 aliphatic heterocycles. The lowest BCUT2D eigenvalue weighted by molar-refractivity contribution is -0.286. The standard InChI is InChI=1S/C12H17IO8/c1-5(14)18-9-8(4-13)21-12(17)11(20-7(3)16)10(9)19-6(2)15/h8-12,17H,4H2,1-3H3/t8-,9+,10-,11-,12+/m1/s1. The molecule has 1 fully saturated rings. The third kappa shape index (κ3) is 5.08. The molecule has 0 aromatic carbocycles. The van der Waals surface area contributed by atoms with Crippen LogP contribution < -0.4 is 0 Å². The van der Waals surface area contributed by atoms with E-state index in [4.69, 9.17) is 18.9 Å². The molecule has 0 amide bonds. The van der Waals surface area contributed by atoms with Gasteiger partial charge in [0.2, 0.25) is 0 Å². The number of hydrogen-bond acceptors (Lipinski definition) is 8. The van der Waals surface area contributed by atoms with Crippen LogP contribution in [-0.4, -0.2) is 58.1 Å². The van der Waals surface area contributed by atoms with Crippen molar-refractivity contribution in [3.63, 3.8) is 0 Å². The zero-order chi connectivity index (χ0) is 16.2. The van der Waals surface area contributed by atoms with Crippen LogP contribution in [0.15, 0.2) is 0 Å². The van der Waals surface area contributed by atoms with Crippen molar-refractivity contribution in [1.29, 1.82) is 0 Å².